The normalized spacial score (nSPS) is 14.7. The zero-order chi connectivity index (χ0) is 25.8. The van der Waals surface area contributed by atoms with Crippen molar-refractivity contribution in [1.29, 1.82) is 0 Å². The number of rotatable bonds is 7. The van der Waals surface area contributed by atoms with Crippen molar-refractivity contribution in [3.8, 4) is 11.5 Å². The van der Waals surface area contributed by atoms with Crippen LogP contribution in [-0.4, -0.2) is 24.5 Å². The predicted octanol–water partition coefficient (Wildman–Crippen LogP) is 6.29. The summed E-state index contributed by atoms with van der Waals surface area (Å²) in [6.45, 7) is 2.45. The molecule has 1 N–H and O–H groups in total. The van der Waals surface area contributed by atoms with Gasteiger partial charge in [0.25, 0.3) is 11.8 Å². The van der Waals surface area contributed by atoms with Crippen molar-refractivity contribution in [1.82, 2.24) is 5.32 Å². The fraction of sp³-hybridized carbons (Fsp3) is 0.115. The SMILES string of the molecule is CCOc1ccc(N2C(=O)NC(=O)/C(=C\c3cc(Cl)cc(Cl)c3OCc3ccc(Cl)cc3)C2=O)cc1. The molecule has 0 saturated carbocycles. The van der Waals surface area contributed by atoms with E-state index in [0.717, 1.165) is 10.5 Å². The molecule has 1 fully saturated rings. The number of urea groups is 1. The van der Waals surface area contributed by atoms with Crippen LogP contribution in [0, 0.1) is 0 Å². The van der Waals surface area contributed by atoms with Crippen LogP contribution >= 0.6 is 34.8 Å². The molecule has 7 nitrogen and oxygen atoms in total. The van der Waals surface area contributed by atoms with E-state index in [1.54, 1.807) is 48.5 Å². The molecule has 3 aromatic rings. The molecule has 1 heterocycles. The Bertz CT molecular complexity index is 1360. The second kappa shape index (κ2) is 11.0. The molecule has 4 rings (SSSR count). The van der Waals surface area contributed by atoms with Crippen LogP contribution in [0.15, 0.2) is 66.2 Å². The van der Waals surface area contributed by atoms with E-state index >= 15 is 0 Å². The van der Waals surface area contributed by atoms with Crippen LogP contribution in [0.25, 0.3) is 6.08 Å². The summed E-state index contributed by atoms with van der Waals surface area (Å²) in [6, 6.07) is 15.5. The zero-order valence-corrected chi connectivity index (χ0v) is 21.2. The second-order valence-electron chi connectivity index (χ2n) is 7.61. The van der Waals surface area contributed by atoms with E-state index in [4.69, 9.17) is 44.3 Å². The summed E-state index contributed by atoms with van der Waals surface area (Å²) >= 11 is 18.5. The zero-order valence-electron chi connectivity index (χ0n) is 18.9. The van der Waals surface area contributed by atoms with Gasteiger partial charge in [-0.05, 0) is 67.1 Å². The summed E-state index contributed by atoms with van der Waals surface area (Å²) in [5.41, 5.74) is 1.09. The van der Waals surface area contributed by atoms with Crippen molar-refractivity contribution < 1.29 is 23.9 Å². The van der Waals surface area contributed by atoms with Crippen LogP contribution in [0.5, 0.6) is 11.5 Å². The van der Waals surface area contributed by atoms with Gasteiger partial charge in [-0.15, -0.1) is 0 Å². The Balaban J connectivity index is 1.67. The minimum Gasteiger partial charge on any atom is -0.494 e. The van der Waals surface area contributed by atoms with E-state index < -0.39 is 17.8 Å². The molecule has 1 aliphatic heterocycles. The molecule has 0 unspecified atom stereocenters. The Morgan fingerprint density at radius 3 is 2.25 bits per heavy atom. The van der Waals surface area contributed by atoms with E-state index in [1.807, 2.05) is 6.92 Å². The van der Waals surface area contributed by atoms with Gasteiger partial charge >= 0.3 is 6.03 Å². The molecule has 0 bridgehead atoms. The topological polar surface area (TPSA) is 84.9 Å². The minimum atomic E-state index is -0.866. The molecule has 1 aliphatic rings. The summed E-state index contributed by atoms with van der Waals surface area (Å²) in [4.78, 5) is 39.3. The Morgan fingerprint density at radius 1 is 0.889 bits per heavy atom. The van der Waals surface area contributed by atoms with Gasteiger partial charge in [-0.3, -0.25) is 14.9 Å². The number of imide groups is 2. The van der Waals surface area contributed by atoms with Gasteiger partial charge in [0, 0.05) is 15.6 Å². The molecule has 1 saturated heterocycles. The van der Waals surface area contributed by atoms with Gasteiger partial charge in [-0.2, -0.15) is 0 Å². The van der Waals surface area contributed by atoms with Crippen molar-refractivity contribution in [3.63, 3.8) is 0 Å². The smallest absolute Gasteiger partial charge is 0.335 e. The first-order valence-electron chi connectivity index (χ1n) is 10.8. The van der Waals surface area contributed by atoms with Crippen molar-refractivity contribution >= 4 is 64.4 Å². The standard InChI is InChI=1S/C26H19Cl3N2O5/c1-2-35-20-9-7-19(8-10-20)31-25(33)21(24(32)30-26(31)34)12-16-11-18(28)13-22(29)23(16)36-14-15-3-5-17(27)6-4-15/h3-13H,2,14H2,1H3,(H,30,32,34)/b21-12+. The highest BCUT2D eigenvalue weighted by Gasteiger charge is 2.37. The molecule has 3 aromatic carbocycles. The summed E-state index contributed by atoms with van der Waals surface area (Å²) in [6.07, 6.45) is 1.29. The second-order valence-corrected chi connectivity index (χ2v) is 8.89. The van der Waals surface area contributed by atoms with Crippen molar-refractivity contribution in [2.75, 3.05) is 11.5 Å². The lowest BCUT2D eigenvalue weighted by Crippen LogP contribution is -2.54. The molecule has 0 radical (unpaired) electrons. The van der Waals surface area contributed by atoms with Crippen LogP contribution in [0.2, 0.25) is 15.1 Å². The first-order chi connectivity index (χ1) is 17.3. The van der Waals surface area contributed by atoms with Gasteiger partial charge in [-0.25, -0.2) is 9.69 Å². The summed E-state index contributed by atoms with van der Waals surface area (Å²) in [5.74, 6) is -0.873. The quantitative estimate of drug-likeness (QED) is 0.279. The number of nitrogens with zero attached hydrogens (tertiary/aromatic N) is 1. The summed E-state index contributed by atoms with van der Waals surface area (Å²) in [7, 11) is 0. The third-order valence-electron chi connectivity index (χ3n) is 5.14. The van der Waals surface area contributed by atoms with E-state index in [1.165, 1.54) is 18.2 Å². The highest BCUT2D eigenvalue weighted by Crippen LogP contribution is 2.35. The average molecular weight is 546 g/mol. The number of halogens is 3. The highest BCUT2D eigenvalue weighted by molar-refractivity contribution is 6.40. The molecule has 184 valence electrons. The maximum absolute atomic E-state index is 13.3. The Labute approximate surface area is 222 Å². The predicted molar refractivity (Wildman–Crippen MR) is 139 cm³/mol. The molecule has 4 amide bonds. The number of barbiturate groups is 1. The fourth-order valence-corrected chi connectivity index (χ4v) is 4.17. The molecular weight excluding hydrogens is 527 g/mol. The summed E-state index contributed by atoms with van der Waals surface area (Å²) < 4.78 is 11.3. The lowest BCUT2D eigenvalue weighted by Gasteiger charge is -2.26. The molecule has 0 spiro atoms. The number of ether oxygens (including phenoxy) is 2. The van der Waals surface area contributed by atoms with Gasteiger partial charge in [0.1, 0.15) is 23.7 Å². The molecule has 10 heteroatoms. The maximum Gasteiger partial charge on any atom is 0.335 e. The fourth-order valence-electron chi connectivity index (χ4n) is 3.48. The number of carbonyl (C=O) groups is 3. The third-order valence-corrected chi connectivity index (χ3v) is 5.89. The highest BCUT2D eigenvalue weighted by atomic mass is 35.5. The number of anilines is 1. The van der Waals surface area contributed by atoms with Gasteiger partial charge < -0.3 is 9.47 Å². The number of carbonyl (C=O) groups excluding carboxylic acids is 3. The van der Waals surface area contributed by atoms with Crippen molar-refractivity contribution in [3.05, 3.63) is 92.4 Å². The van der Waals surface area contributed by atoms with Crippen LogP contribution in [-0.2, 0) is 16.2 Å². The van der Waals surface area contributed by atoms with E-state index in [0.29, 0.717) is 22.9 Å². The minimum absolute atomic E-state index is 0.144. The number of nitrogens with one attached hydrogen (secondary N) is 1. The average Bonchev–Trinajstić information content (AvgIpc) is 2.83. The Kier molecular flexibility index (Phi) is 7.84. The largest absolute Gasteiger partial charge is 0.494 e. The van der Waals surface area contributed by atoms with E-state index in [2.05, 4.69) is 5.32 Å². The maximum atomic E-state index is 13.3. The number of amides is 4. The molecule has 36 heavy (non-hydrogen) atoms. The first kappa shape index (κ1) is 25.6. The summed E-state index contributed by atoms with van der Waals surface area (Å²) in [5, 5.41) is 3.23. The number of benzene rings is 3. The third kappa shape index (κ3) is 5.65. The van der Waals surface area contributed by atoms with Gasteiger partial charge in [0.15, 0.2) is 0 Å². The molecule has 0 atom stereocenters. The lowest BCUT2D eigenvalue weighted by molar-refractivity contribution is -0.122. The number of hydrogen-bond acceptors (Lipinski definition) is 5. The van der Waals surface area contributed by atoms with Crippen molar-refractivity contribution in [2.24, 2.45) is 0 Å². The molecule has 0 aliphatic carbocycles. The monoisotopic (exact) mass is 544 g/mol. The van der Waals surface area contributed by atoms with E-state index in [-0.39, 0.29) is 33.7 Å². The van der Waals surface area contributed by atoms with Gasteiger partial charge in [0.05, 0.1) is 17.3 Å². The van der Waals surface area contributed by atoms with Gasteiger partial charge in [-0.1, -0.05) is 46.9 Å². The lowest BCUT2D eigenvalue weighted by atomic mass is 10.1. The first-order valence-corrected chi connectivity index (χ1v) is 11.9. The number of hydrogen-bond donors (Lipinski definition) is 1. The van der Waals surface area contributed by atoms with Crippen molar-refractivity contribution in [2.45, 2.75) is 13.5 Å². The van der Waals surface area contributed by atoms with Gasteiger partial charge in [0.2, 0.25) is 0 Å². The molecule has 0 aromatic heterocycles. The molecular formula is C26H19Cl3N2O5. The van der Waals surface area contributed by atoms with Crippen LogP contribution in [0.1, 0.15) is 18.1 Å². The van der Waals surface area contributed by atoms with E-state index in [9.17, 15) is 14.4 Å². The Hall–Kier alpha value is -3.52. The Morgan fingerprint density at radius 2 is 1.58 bits per heavy atom. The van der Waals surface area contributed by atoms with Crippen LogP contribution in [0.3, 0.4) is 0 Å². The van der Waals surface area contributed by atoms with Crippen LogP contribution < -0.4 is 19.7 Å². The van der Waals surface area contributed by atoms with Crippen LogP contribution in [0.4, 0.5) is 10.5 Å².